The van der Waals surface area contributed by atoms with Gasteiger partial charge in [0.25, 0.3) is 0 Å². The minimum atomic E-state index is 0.0835. The van der Waals surface area contributed by atoms with Gasteiger partial charge in [-0.1, -0.05) is 41.9 Å². The molecule has 3 nitrogen and oxygen atoms in total. The molecule has 0 saturated carbocycles. The normalized spacial score (nSPS) is 11.4. The molecule has 0 aliphatic rings. The van der Waals surface area contributed by atoms with Gasteiger partial charge in [-0.25, -0.2) is 0 Å². The minimum absolute atomic E-state index is 0.0835. The lowest BCUT2D eigenvalue weighted by molar-refractivity contribution is -0.121. The Morgan fingerprint density at radius 2 is 2.05 bits per heavy atom. The highest BCUT2D eigenvalue weighted by Gasteiger charge is 2.17. The molecule has 0 saturated heterocycles. The Balaban J connectivity index is 2.32. The fraction of sp³-hybridized carbons (Fsp3) is 0.533. The predicted octanol–water partition coefficient (Wildman–Crippen LogP) is 2.74. The van der Waals surface area contributed by atoms with Gasteiger partial charge in [-0.05, 0) is 36.6 Å². The van der Waals surface area contributed by atoms with Crippen LogP contribution in [0.4, 0.5) is 0 Å². The molecule has 0 unspecified atom stereocenters. The number of amides is 1. The van der Waals surface area contributed by atoms with Crippen LogP contribution in [0.5, 0.6) is 0 Å². The second kappa shape index (κ2) is 7.65. The smallest absolute Gasteiger partial charge is 0.220 e. The molecule has 4 heteroatoms. The molecule has 1 aromatic carbocycles. The molecule has 0 aliphatic heterocycles. The van der Waals surface area contributed by atoms with Gasteiger partial charge in [0.1, 0.15) is 0 Å². The molecule has 0 heterocycles. The van der Waals surface area contributed by atoms with Crippen LogP contribution in [0.2, 0.25) is 0 Å². The Morgan fingerprint density at radius 3 is 2.68 bits per heavy atom. The molecule has 0 aromatic heterocycles. The van der Waals surface area contributed by atoms with Crippen LogP contribution in [0.1, 0.15) is 25.8 Å². The van der Waals surface area contributed by atoms with Gasteiger partial charge in [0.05, 0.1) is 0 Å². The lowest BCUT2D eigenvalue weighted by Gasteiger charge is -2.24. The Labute approximate surface area is 124 Å². The maximum Gasteiger partial charge on any atom is 0.220 e. The zero-order valence-corrected chi connectivity index (χ0v) is 13.5. The van der Waals surface area contributed by atoms with Crippen LogP contribution < -0.4 is 10.6 Å². The van der Waals surface area contributed by atoms with E-state index in [1.165, 1.54) is 5.56 Å². The summed E-state index contributed by atoms with van der Waals surface area (Å²) in [7, 11) is 1.93. The van der Waals surface area contributed by atoms with Crippen molar-refractivity contribution in [3.05, 3.63) is 34.3 Å². The number of hydrogen-bond donors (Lipinski definition) is 2. The third-order valence-electron chi connectivity index (χ3n) is 2.95. The van der Waals surface area contributed by atoms with Crippen molar-refractivity contribution in [2.24, 2.45) is 5.41 Å². The standard InChI is InChI=1S/C15H23BrN2O/c1-15(2,10-17-3)11-18-14(19)8-7-12-5-4-6-13(16)9-12/h4-6,9,17H,7-8,10-11H2,1-3H3,(H,18,19). The van der Waals surface area contributed by atoms with Crippen LogP contribution >= 0.6 is 15.9 Å². The summed E-state index contributed by atoms with van der Waals surface area (Å²) in [5.74, 6) is 0.115. The monoisotopic (exact) mass is 326 g/mol. The molecule has 0 fully saturated rings. The minimum Gasteiger partial charge on any atom is -0.356 e. The molecule has 19 heavy (non-hydrogen) atoms. The van der Waals surface area contributed by atoms with E-state index >= 15 is 0 Å². The van der Waals surface area contributed by atoms with Crippen LogP contribution in [0.15, 0.2) is 28.7 Å². The Bertz CT molecular complexity index is 418. The molecule has 0 spiro atoms. The molecule has 1 aromatic rings. The van der Waals surface area contributed by atoms with Gasteiger partial charge in [0, 0.05) is 24.0 Å². The Morgan fingerprint density at radius 1 is 1.32 bits per heavy atom. The summed E-state index contributed by atoms with van der Waals surface area (Å²) < 4.78 is 1.06. The molecule has 0 radical (unpaired) electrons. The van der Waals surface area contributed by atoms with E-state index in [4.69, 9.17) is 0 Å². The molecule has 2 N–H and O–H groups in total. The number of aryl methyl sites for hydroxylation is 1. The van der Waals surface area contributed by atoms with Gasteiger partial charge >= 0.3 is 0 Å². The van der Waals surface area contributed by atoms with Crippen molar-refractivity contribution in [1.82, 2.24) is 10.6 Å². The lowest BCUT2D eigenvalue weighted by atomic mass is 9.93. The fourth-order valence-corrected chi connectivity index (χ4v) is 2.36. The first kappa shape index (κ1) is 16.2. The van der Waals surface area contributed by atoms with Crippen molar-refractivity contribution in [1.29, 1.82) is 0 Å². The highest BCUT2D eigenvalue weighted by atomic mass is 79.9. The Kier molecular flexibility index (Phi) is 6.52. The molecule has 106 valence electrons. The topological polar surface area (TPSA) is 41.1 Å². The third-order valence-corrected chi connectivity index (χ3v) is 3.44. The van der Waals surface area contributed by atoms with Crippen molar-refractivity contribution >= 4 is 21.8 Å². The van der Waals surface area contributed by atoms with Crippen LogP contribution in [-0.4, -0.2) is 26.0 Å². The Hall–Kier alpha value is -0.870. The van der Waals surface area contributed by atoms with Crippen LogP contribution in [0, 0.1) is 5.41 Å². The summed E-state index contributed by atoms with van der Waals surface area (Å²) in [6.45, 7) is 5.86. The highest BCUT2D eigenvalue weighted by molar-refractivity contribution is 9.10. The first-order valence-corrected chi connectivity index (χ1v) is 7.38. The second-order valence-corrected chi connectivity index (χ2v) is 6.52. The average Bonchev–Trinajstić information content (AvgIpc) is 2.34. The van der Waals surface area contributed by atoms with Crippen LogP contribution in [0.3, 0.4) is 0 Å². The average molecular weight is 327 g/mol. The summed E-state index contributed by atoms with van der Waals surface area (Å²) in [6.07, 6.45) is 1.31. The number of carbonyl (C=O) groups excluding carboxylic acids is 1. The quantitative estimate of drug-likeness (QED) is 0.808. The number of nitrogens with one attached hydrogen (secondary N) is 2. The molecular weight excluding hydrogens is 304 g/mol. The zero-order valence-electron chi connectivity index (χ0n) is 11.9. The SMILES string of the molecule is CNCC(C)(C)CNC(=O)CCc1cccc(Br)c1. The number of hydrogen-bond acceptors (Lipinski definition) is 2. The summed E-state index contributed by atoms with van der Waals surface area (Å²) in [6, 6.07) is 8.08. The predicted molar refractivity (Wildman–Crippen MR) is 83.2 cm³/mol. The van der Waals surface area contributed by atoms with Gasteiger partial charge in [-0.15, -0.1) is 0 Å². The van der Waals surface area contributed by atoms with E-state index in [1.54, 1.807) is 0 Å². The van der Waals surface area contributed by atoms with Gasteiger partial charge in [0.15, 0.2) is 0 Å². The number of halogens is 1. The van der Waals surface area contributed by atoms with Gasteiger partial charge < -0.3 is 10.6 Å². The molecule has 0 atom stereocenters. The van der Waals surface area contributed by atoms with E-state index in [1.807, 2.05) is 25.2 Å². The van der Waals surface area contributed by atoms with Crippen molar-refractivity contribution in [2.75, 3.05) is 20.1 Å². The molecule has 0 bridgehead atoms. The summed E-state index contributed by atoms with van der Waals surface area (Å²) in [5.41, 5.74) is 1.26. The van der Waals surface area contributed by atoms with Crippen molar-refractivity contribution in [3.8, 4) is 0 Å². The summed E-state index contributed by atoms with van der Waals surface area (Å²) in [4.78, 5) is 11.8. The van der Waals surface area contributed by atoms with Crippen molar-refractivity contribution in [3.63, 3.8) is 0 Å². The van der Waals surface area contributed by atoms with E-state index in [2.05, 4.69) is 46.5 Å². The van der Waals surface area contributed by atoms with Crippen LogP contribution in [0.25, 0.3) is 0 Å². The fourth-order valence-electron chi connectivity index (χ4n) is 1.92. The molecule has 0 aliphatic carbocycles. The van der Waals surface area contributed by atoms with Crippen LogP contribution in [-0.2, 0) is 11.2 Å². The number of benzene rings is 1. The first-order valence-electron chi connectivity index (χ1n) is 6.59. The first-order chi connectivity index (χ1) is 8.93. The van der Waals surface area contributed by atoms with Crippen molar-refractivity contribution in [2.45, 2.75) is 26.7 Å². The van der Waals surface area contributed by atoms with E-state index < -0.39 is 0 Å². The largest absolute Gasteiger partial charge is 0.356 e. The molecular formula is C15H23BrN2O. The summed E-state index contributed by atoms with van der Waals surface area (Å²) >= 11 is 3.44. The zero-order chi connectivity index (χ0) is 14.3. The number of carbonyl (C=O) groups is 1. The maximum absolute atomic E-state index is 11.8. The van der Waals surface area contributed by atoms with E-state index in [-0.39, 0.29) is 11.3 Å². The maximum atomic E-state index is 11.8. The lowest BCUT2D eigenvalue weighted by Crippen LogP contribution is -2.39. The molecule has 1 rings (SSSR count). The molecule has 1 amide bonds. The van der Waals surface area contributed by atoms with Gasteiger partial charge in [-0.3, -0.25) is 4.79 Å². The van der Waals surface area contributed by atoms with Gasteiger partial charge in [-0.2, -0.15) is 0 Å². The second-order valence-electron chi connectivity index (χ2n) is 5.60. The van der Waals surface area contributed by atoms with Gasteiger partial charge in [0.2, 0.25) is 5.91 Å². The number of rotatable bonds is 7. The summed E-state index contributed by atoms with van der Waals surface area (Å²) in [5, 5.41) is 6.14. The van der Waals surface area contributed by atoms with E-state index in [0.717, 1.165) is 17.4 Å². The third kappa shape index (κ3) is 6.73. The van der Waals surface area contributed by atoms with Crippen molar-refractivity contribution < 1.29 is 4.79 Å². The van der Waals surface area contributed by atoms with E-state index in [0.29, 0.717) is 13.0 Å². The van der Waals surface area contributed by atoms with E-state index in [9.17, 15) is 4.79 Å². The highest BCUT2D eigenvalue weighted by Crippen LogP contribution is 2.14.